The average Bonchev–Trinajstić information content (AvgIpc) is 3.76. The van der Waals surface area contributed by atoms with Crippen LogP contribution in [0.4, 0.5) is 21.8 Å². The highest BCUT2D eigenvalue weighted by atomic mass is 19.1. The predicted octanol–water partition coefficient (Wildman–Crippen LogP) is 3.68. The van der Waals surface area contributed by atoms with Gasteiger partial charge < -0.3 is 24.6 Å². The van der Waals surface area contributed by atoms with Gasteiger partial charge in [0.25, 0.3) is 0 Å². The molecule has 10 heteroatoms. The van der Waals surface area contributed by atoms with Gasteiger partial charge in [-0.3, -0.25) is 4.79 Å². The Bertz CT molecular complexity index is 1300. The van der Waals surface area contributed by atoms with Gasteiger partial charge in [-0.1, -0.05) is 0 Å². The minimum atomic E-state index is -0.536. The third-order valence-corrected chi connectivity index (χ3v) is 7.38. The number of nitrogens with one attached hydrogen (secondary N) is 1. The maximum Gasteiger partial charge on any atom is 0.172 e. The van der Waals surface area contributed by atoms with Crippen molar-refractivity contribution in [3.63, 3.8) is 0 Å². The number of ketones is 1. The second-order valence-electron chi connectivity index (χ2n) is 9.89. The number of methoxy groups -OCH3 is 1. The van der Waals surface area contributed by atoms with Crippen LogP contribution in [0.1, 0.15) is 36.0 Å². The smallest absolute Gasteiger partial charge is 0.172 e. The number of fused-ring (bicyclic) bond motifs is 1. The standard InChI is InChI=1S/C27H31FN6O3/c1-36-19-4-5-20(21(28)16-19)24(35)17-7-10-33(11-8-17)27-25(30-18-2-3-18)31-22-6-9-29-26(23(22)32-27)34-12-14-37-15-13-34/h4-6,9,16-18H,2-3,7-8,10-15H2,1H3,(H,30,31). The van der Waals surface area contributed by atoms with Gasteiger partial charge in [0.1, 0.15) is 17.1 Å². The Labute approximate surface area is 215 Å². The number of aromatic nitrogens is 3. The molecule has 6 rings (SSSR count). The third kappa shape index (κ3) is 4.90. The maximum atomic E-state index is 14.5. The first-order valence-corrected chi connectivity index (χ1v) is 13.0. The van der Waals surface area contributed by atoms with E-state index in [4.69, 9.17) is 19.4 Å². The summed E-state index contributed by atoms with van der Waals surface area (Å²) in [5.41, 5.74) is 1.71. The number of hydrogen-bond donors (Lipinski definition) is 1. The Hall–Kier alpha value is -3.53. The summed E-state index contributed by atoms with van der Waals surface area (Å²) < 4.78 is 25.1. The lowest BCUT2D eigenvalue weighted by Crippen LogP contribution is -2.38. The van der Waals surface area contributed by atoms with Crippen molar-refractivity contribution in [2.24, 2.45) is 5.92 Å². The molecule has 1 saturated carbocycles. The molecule has 0 radical (unpaired) electrons. The summed E-state index contributed by atoms with van der Waals surface area (Å²) >= 11 is 0. The van der Waals surface area contributed by atoms with E-state index in [0.29, 0.717) is 50.9 Å². The number of carbonyl (C=O) groups excluding carboxylic acids is 1. The molecule has 4 heterocycles. The van der Waals surface area contributed by atoms with Crippen molar-refractivity contribution < 1.29 is 18.7 Å². The van der Waals surface area contributed by atoms with E-state index in [1.54, 1.807) is 12.3 Å². The molecule has 3 aliphatic rings. The largest absolute Gasteiger partial charge is 0.497 e. The van der Waals surface area contributed by atoms with Crippen LogP contribution >= 0.6 is 0 Å². The van der Waals surface area contributed by atoms with Crippen molar-refractivity contribution in [3.05, 3.63) is 41.8 Å². The van der Waals surface area contributed by atoms with Gasteiger partial charge in [0.15, 0.2) is 23.2 Å². The number of halogens is 1. The minimum absolute atomic E-state index is 0.127. The lowest BCUT2D eigenvalue weighted by Gasteiger charge is -2.33. The SMILES string of the molecule is COc1ccc(C(=O)C2CCN(c3nc4c(N5CCOCC5)nccc4nc3NC3CC3)CC2)c(F)c1. The molecule has 2 saturated heterocycles. The Morgan fingerprint density at radius 3 is 2.49 bits per heavy atom. The zero-order valence-electron chi connectivity index (χ0n) is 21.0. The van der Waals surface area contributed by atoms with Crippen LogP contribution in [0.25, 0.3) is 11.0 Å². The van der Waals surface area contributed by atoms with Crippen LogP contribution in [-0.2, 0) is 4.74 Å². The highest BCUT2D eigenvalue weighted by Crippen LogP contribution is 2.35. The molecule has 37 heavy (non-hydrogen) atoms. The molecule has 0 spiro atoms. The number of hydrogen-bond acceptors (Lipinski definition) is 9. The lowest BCUT2D eigenvalue weighted by atomic mass is 9.88. The second kappa shape index (κ2) is 10.1. The molecule has 2 aliphatic heterocycles. The number of benzene rings is 1. The fourth-order valence-corrected chi connectivity index (χ4v) is 5.10. The van der Waals surface area contributed by atoms with Crippen molar-refractivity contribution in [2.75, 3.05) is 61.6 Å². The number of ether oxygens (including phenoxy) is 2. The Balaban J connectivity index is 1.26. The number of piperidine rings is 1. The van der Waals surface area contributed by atoms with Crippen molar-refractivity contribution in [1.82, 2.24) is 15.0 Å². The van der Waals surface area contributed by atoms with E-state index >= 15 is 0 Å². The molecule has 0 amide bonds. The number of rotatable bonds is 7. The molecule has 2 aromatic heterocycles. The highest BCUT2D eigenvalue weighted by molar-refractivity contribution is 5.98. The monoisotopic (exact) mass is 506 g/mol. The quantitative estimate of drug-likeness (QED) is 0.482. The van der Waals surface area contributed by atoms with Crippen LogP contribution in [0.15, 0.2) is 30.5 Å². The van der Waals surface area contributed by atoms with Gasteiger partial charge in [-0.2, -0.15) is 0 Å². The lowest BCUT2D eigenvalue weighted by molar-refractivity contribution is 0.0896. The van der Waals surface area contributed by atoms with Crippen molar-refractivity contribution in [2.45, 2.75) is 31.7 Å². The van der Waals surface area contributed by atoms with Gasteiger partial charge in [-0.25, -0.2) is 19.3 Å². The van der Waals surface area contributed by atoms with Gasteiger partial charge in [0.05, 0.1) is 31.4 Å². The number of nitrogens with zero attached hydrogens (tertiary/aromatic N) is 5. The zero-order valence-corrected chi connectivity index (χ0v) is 21.0. The van der Waals surface area contributed by atoms with Gasteiger partial charge >= 0.3 is 0 Å². The zero-order chi connectivity index (χ0) is 25.4. The molecule has 0 bridgehead atoms. The summed E-state index contributed by atoms with van der Waals surface area (Å²) in [7, 11) is 1.48. The summed E-state index contributed by atoms with van der Waals surface area (Å²) in [6.45, 7) is 4.13. The topological polar surface area (TPSA) is 92.7 Å². The molecule has 1 aliphatic carbocycles. The summed E-state index contributed by atoms with van der Waals surface area (Å²) in [4.78, 5) is 32.2. The van der Waals surface area contributed by atoms with Gasteiger partial charge in [0, 0.05) is 50.4 Å². The molecule has 1 aromatic carbocycles. The van der Waals surface area contributed by atoms with Crippen molar-refractivity contribution in [3.8, 4) is 5.75 Å². The van der Waals surface area contributed by atoms with E-state index < -0.39 is 5.82 Å². The van der Waals surface area contributed by atoms with E-state index in [2.05, 4.69) is 20.1 Å². The van der Waals surface area contributed by atoms with Crippen LogP contribution in [0, 0.1) is 11.7 Å². The van der Waals surface area contributed by atoms with E-state index in [1.165, 1.54) is 19.2 Å². The molecule has 3 fully saturated rings. The fourth-order valence-electron chi connectivity index (χ4n) is 5.10. The van der Waals surface area contributed by atoms with Crippen LogP contribution in [-0.4, -0.2) is 73.3 Å². The minimum Gasteiger partial charge on any atom is -0.497 e. The van der Waals surface area contributed by atoms with E-state index in [1.807, 2.05) is 6.07 Å². The first-order chi connectivity index (χ1) is 18.1. The van der Waals surface area contributed by atoms with Crippen molar-refractivity contribution >= 4 is 34.3 Å². The Kier molecular flexibility index (Phi) is 6.50. The average molecular weight is 507 g/mol. The number of Topliss-reactive ketones (excluding diaryl/α,β-unsaturated/α-hetero) is 1. The fraction of sp³-hybridized carbons (Fsp3) is 0.481. The predicted molar refractivity (Wildman–Crippen MR) is 139 cm³/mol. The molecule has 0 unspecified atom stereocenters. The first kappa shape index (κ1) is 23.8. The first-order valence-electron chi connectivity index (χ1n) is 13.0. The summed E-state index contributed by atoms with van der Waals surface area (Å²) in [6, 6.07) is 6.75. The third-order valence-electron chi connectivity index (χ3n) is 7.38. The van der Waals surface area contributed by atoms with Crippen LogP contribution < -0.4 is 19.9 Å². The summed E-state index contributed by atoms with van der Waals surface area (Å²) in [5, 5.41) is 3.55. The second-order valence-corrected chi connectivity index (χ2v) is 9.89. The number of carbonyl (C=O) groups is 1. The Morgan fingerprint density at radius 2 is 1.78 bits per heavy atom. The van der Waals surface area contributed by atoms with Crippen LogP contribution in [0.5, 0.6) is 5.75 Å². The number of pyridine rings is 1. The van der Waals surface area contributed by atoms with E-state index in [0.717, 1.165) is 54.4 Å². The Morgan fingerprint density at radius 1 is 1.03 bits per heavy atom. The summed E-state index contributed by atoms with van der Waals surface area (Å²) in [5.74, 6) is 1.88. The molecule has 3 aromatic rings. The van der Waals surface area contributed by atoms with Crippen LogP contribution in [0.3, 0.4) is 0 Å². The molecule has 9 nitrogen and oxygen atoms in total. The highest BCUT2D eigenvalue weighted by Gasteiger charge is 2.31. The number of anilines is 3. The van der Waals surface area contributed by atoms with Crippen molar-refractivity contribution in [1.29, 1.82) is 0 Å². The molecular weight excluding hydrogens is 475 g/mol. The van der Waals surface area contributed by atoms with Crippen LogP contribution in [0.2, 0.25) is 0 Å². The van der Waals surface area contributed by atoms with E-state index in [9.17, 15) is 9.18 Å². The van der Waals surface area contributed by atoms with Gasteiger partial charge in [0.2, 0.25) is 0 Å². The van der Waals surface area contributed by atoms with Gasteiger partial charge in [-0.05, 0) is 43.9 Å². The van der Waals surface area contributed by atoms with Gasteiger partial charge in [-0.15, -0.1) is 0 Å². The number of morpholine rings is 1. The maximum absolute atomic E-state index is 14.5. The molecular formula is C27H31FN6O3. The summed E-state index contributed by atoms with van der Waals surface area (Å²) in [6.07, 6.45) is 5.28. The molecule has 194 valence electrons. The molecule has 1 N–H and O–H groups in total. The normalized spacial score (nSPS) is 18.8. The van der Waals surface area contributed by atoms with E-state index in [-0.39, 0.29) is 17.3 Å². The molecule has 0 atom stereocenters.